The SMILES string of the molecule is CC(=O)Oc1c(Cl)cc(/C=C2/C(=O)NN(c3ccccc3)C2=O)cc1Cl. The number of esters is 1. The standard InChI is InChI=1S/C18H12Cl2N2O4/c1-10(23)26-16-14(19)8-11(9-15(16)20)7-13-17(24)21-22(18(13)25)12-5-3-2-4-6-12/h2-9H,1H3,(H,21,24)/b13-7-. The van der Waals surface area contributed by atoms with E-state index in [1.807, 2.05) is 0 Å². The highest BCUT2D eigenvalue weighted by molar-refractivity contribution is 6.38. The average Bonchev–Trinajstić information content (AvgIpc) is 2.87. The summed E-state index contributed by atoms with van der Waals surface area (Å²) in [5.74, 6) is -1.59. The predicted molar refractivity (Wildman–Crippen MR) is 97.8 cm³/mol. The lowest BCUT2D eigenvalue weighted by Crippen LogP contribution is -2.35. The molecule has 1 fully saturated rings. The number of nitrogens with one attached hydrogen (secondary N) is 1. The van der Waals surface area contributed by atoms with Crippen molar-refractivity contribution in [3.05, 3.63) is 63.6 Å². The minimum Gasteiger partial charge on any atom is -0.424 e. The molecule has 0 saturated carbocycles. The van der Waals surface area contributed by atoms with Gasteiger partial charge in [0.05, 0.1) is 15.7 Å². The van der Waals surface area contributed by atoms with Crippen LogP contribution in [0.4, 0.5) is 5.69 Å². The molecule has 0 radical (unpaired) electrons. The number of para-hydroxylation sites is 1. The van der Waals surface area contributed by atoms with Crippen molar-refractivity contribution in [2.75, 3.05) is 5.01 Å². The first-order valence-corrected chi connectivity index (χ1v) is 8.22. The Morgan fingerprint density at radius 2 is 1.73 bits per heavy atom. The third-order valence-corrected chi connectivity index (χ3v) is 4.04. The number of hydrogen-bond acceptors (Lipinski definition) is 4. The number of nitrogens with zero attached hydrogens (tertiary/aromatic N) is 1. The summed E-state index contributed by atoms with van der Waals surface area (Å²) in [6.07, 6.45) is 1.37. The molecule has 132 valence electrons. The summed E-state index contributed by atoms with van der Waals surface area (Å²) in [6, 6.07) is 11.6. The molecular formula is C18H12Cl2N2O4. The fourth-order valence-electron chi connectivity index (χ4n) is 2.39. The van der Waals surface area contributed by atoms with Crippen molar-refractivity contribution in [2.45, 2.75) is 6.92 Å². The van der Waals surface area contributed by atoms with Crippen LogP contribution >= 0.6 is 23.2 Å². The zero-order chi connectivity index (χ0) is 18.8. The zero-order valence-electron chi connectivity index (χ0n) is 13.5. The van der Waals surface area contributed by atoms with E-state index in [0.717, 1.165) is 5.01 Å². The van der Waals surface area contributed by atoms with Crippen molar-refractivity contribution in [3.8, 4) is 5.75 Å². The highest BCUT2D eigenvalue weighted by atomic mass is 35.5. The molecular weight excluding hydrogens is 379 g/mol. The van der Waals surface area contributed by atoms with Gasteiger partial charge in [-0.1, -0.05) is 41.4 Å². The molecule has 6 nitrogen and oxygen atoms in total. The Kier molecular flexibility index (Phi) is 4.97. The van der Waals surface area contributed by atoms with Gasteiger partial charge in [0, 0.05) is 6.92 Å². The first kappa shape index (κ1) is 18.0. The molecule has 0 bridgehead atoms. The predicted octanol–water partition coefficient (Wildman–Crippen LogP) is 3.38. The van der Waals surface area contributed by atoms with Crippen LogP contribution in [0.25, 0.3) is 6.08 Å². The molecule has 3 rings (SSSR count). The topological polar surface area (TPSA) is 75.7 Å². The number of amides is 2. The molecule has 1 heterocycles. The van der Waals surface area contributed by atoms with Crippen molar-refractivity contribution in [2.24, 2.45) is 0 Å². The summed E-state index contributed by atoms with van der Waals surface area (Å²) in [6.45, 7) is 1.22. The van der Waals surface area contributed by atoms with Gasteiger partial charge in [-0.05, 0) is 35.9 Å². The van der Waals surface area contributed by atoms with Gasteiger partial charge in [0.25, 0.3) is 11.8 Å². The van der Waals surface area contributed by atoms with Crippen LogP contribution in [0.5, 0.6) is 5.75 Å². The van der Waals surface area contributed by atoms with E-state index in [1.165, 1.54) is 25.1 Å². The molecule has 0 unspecified atom stereocenters. The van der Waals surface area contributed by atoms with Crippen LogP contribution in [-0.2, 0) is 14.4 Å². The van der Waals surface area contributed by atoms with Gasteiger partial charge in [0.15, 0.2) is 5.75 Å². The third kappa shape index (κ3) is 3.56. The molecule has 0 spiro atoms. The number of anilines is 1. The van der Waals surface area contributed by atoms with Gasteiger partial charge in [-0.2, -0.15) is 0 Å². The molecule has 0 atom stereocenters. The lowest BCUT2D eigenvalue weighted by Gasteiger charge is -2.13. The maximum absolute atomic E-state index is 12.5. The van der Waals surface area contributed by atoms with Crippen LogP contribution < -0.4 is 15.2 Å². The minimum atomic E-state index is -0.566. The maximum atomic E-state index is 12.5. The van der Waals surface area contributed by atoms with Crippen LogP contribution in [0.1, 0.15) is 12.5 Å². The second-order valence-corrected chi connectivity index (χ2v) is 6.20. The number of ether oxygens (including phenoxy) is 1. The van der Waals surface area contributed by atoms with E-state index in [4.69, 9.17) is 27.9 Å². The fourth-order valence-corrected chi connectivity index (χ4v) is 2.97. The Bertz CT molecular complexity index is 918. The molecule has 26 heavy (non-hydrogen) atoms. The smallest absolute Gasteiger partial charge is 0.308 e. The molecule has 2 aromatic rings. The van der Waals surface area contributed by atoms with Crippen molar-refractivity contribution in [1.82, 2.24) is 5.43 Å². The highest BCUT2D eigenvalue weighted by Crippen LogP contribution is 2.35. The Balaban J connectivity index is 1.94. The summed E-state index contributed by atoms with van der Waals surface area (Å²) in [5, 5.41) is 1.33. The van der Waals surface area contributed by atoms with E-state index in [2.05, 4.69) is 5.43 Å². The van der Waals surface area contributed by atoms with Crippen molar-refractivity contribution in [3.63, 3.8) is 0 Å². The molecule has 0 aromatic heterocycles. The van der Waals surface area contributed by atoms with Crippen LogP contribution in [0.2, 0.25) is 10.0 Å². The first-order valence-electron chi connectivity index (χ1n) is 7.46. The van der Waals surface area contributed by atoms with E-state index < -0.39 is 17.8 Å². The lowest BCUT2D eigenvalue weighted by atomic mass is 10.1. The second-order valence-electron chi connectivity index (χ2n) is 5.38. The van der Waals surface area contributed by atoms with E-state index in [0.29, 0.717) is 11.3 Å². The van der Waals surface area contributed by atoms with E-state index in [9.17, 15) is 14.4 Å². The number of hydrazine groups is 1. The quantitative estimate of drug-likeness (QED) is 0.377. The molecule has 2 amide bonds. The van der Waals surface area contributed by atoms with Gasteiger partial charge in [-0.3, -0.25) is 19.8 Å². The number of halogens is 2. The third-order valence-electron chi connectivity index (χ3n) is 3.48. The summed E-state index contributed by atoms with van der Waals surface area (Å²) in [5.41, 5.74) is 3.39. The van der Waals surface area contributed by atoms with E-state index >= 15 is 0 Å². The van der Waals surface area contributed by atoms with Crippen molar-refractivity contribution in [1.29, 1.82) is 0 Å². The van der Waals surface area contributed by atoms with E-state index in [-0.39, 0.29) is 21.4 Å². The van der Waals surface area contributed by atoms with E-state index in [1.54, 1.807) is 30.3 Å². The van der Waals surface area contributed by atoms with Crippen LogP contribution in [0, 0.1) is 0 Å². The largest absolute Gasteiger partial charge is 0.424 e. The summed E-state index contributed by atoms with van der Waals surface area (Å²) < 4.78 is 4.94. The van der Waals surface area contributed by atoms with Crippen LogP contribution in [0.3, 0.4) is 0 Å². The average molecular weight is 391 g/mol. The lowest BCUT2D eigenvalue weighted by molar-refractivity contribution is -0.131. The highest BCUT2D eigenvalue weighted by Gasteiger charge is 2.34. The summed E-state index contributed by atoms with van der Waals surface area (Å²) >= 11 is 12.1. The van der Waals surface area contributed by atoms with Gasteiger partial charge in [-0.15, -0.1) is 0 Å². The molecule has 1 saturated heterocycles. The number of rotatable bonds is 3. The van der Waals surface area contributed by atoms with Gasteiger partial charge < -0.3 is 4.74 Å². The molecule has 1 N–H and O–H groups in total. The summed E-state index contributed by atoms with van der Waals surface area (Å²) in [4.78, 5) is 35.8. The molecule has 1 aliphatic heterocycles. The van der Waals surface area contributed by atoms with Gasteiger partial charge in [0.2, 0.25) is 0 Å². The number of carbonyl (C=O) groups excluding carboxylic acids is 3. The second kappa shape index (κ2) is 7.19. The monoisotopic (exact) mass is 390 g/mol. The van der Waals surface area contributed by atoms with Crippen LogP contribution in [-0.4, -0.2) is 17.8 Å². The molecule has 8 heteroatoms. The molecule has 0 aliphatic carbocycles. The Hall–Kier alpha value is -2.83. The normalized spacial score (nSPS) is 15.3. The number of hydrogen-bond donors (Lipinski definition) is 1. The summed E-state index contributed by atoms with van der Waals surface area (Å²) in [7, 11) is 0. The van der Waals surface area contributed by atoms with Gasteiger partial charge >= 0.3 is 5.97 Å². The van der Waals surface area contributed by atoms with Crippen LogP contribution in [0.15, 0.2) is 48.0 Å². The molecule has 1 aliphatic rings. The Labute approximate surface area is 158 Å². The van der Waals surface area contributed by atoms with Crippen molar-refractivity contribution < 1.29 is 19.1 Å². The Morgan fingerprint density at radius 1 is 1.12 bits per heavy atom. The molecule has 2 aromatic carbocycles. The maximum Gasteiger partial charge on any atom is 0.308 e. The fraction of sp³-hybridized carbons (Fsp3) is 0.0556. The van der Waals surface area contributed by atoms with Gasteiger partial charge in [-0.25, -0.2) is 5.01 Å². The number of carbonyl (C=O) groups is 3. The van der Waals surface area contributed by atoms with Gasteiger partial charge in [0.1, 0.15) is 5.57 Å². The van der Waals surface area contributed by atoms with Crippen molar-refractivity contribution >= 4 is 52.7 Å². The zero-order valence-corrected chi connectivity index (χ0v) is 15.0. The number of benzene rings is 2. The minimum absolute atomic E-state index is 0.0242. The first-order chi connectivity index (χ1) is 12.4. The Morgan fingerprint density at radius 3 is 2.31 bits per heavy atom.